The highest BCUT2D eigenvalue weighted by Gasteiger charge is 2.21. The highest BCUT2D eigenvalue weighted by Crippen LogP contribution is 2.35. The zero-order chi connectivity index (χ0) is 20.6. The highest BCUT2D eigenvalue weighted by molar-refractivity contribution is 7.92. The number of aromatic amines is 1. The second-order valence-electron chi connectivity index (χ2n) is 6.77. The molecule has 0 aliphatic heterocycles. The van der Waals surface area contributed by atoms with Crippen LogP contribution >= 0.6 is 0 Å². The van der Waals surface area contributed by atoms with Crippen molar-refractivity contribution >= 4 is 32.4 Å². The Morgan fingerprint density at radius 2 is 1.86 bits per heavy atom. The van der Waals surface area contributed by atoms with Gasteiger partial charge in [0.15, 0.2) is 0 Å². The monoisotopic (exact) mass is 410 g/mol. The summed E-state index contributed by atoms with van der Waals surface area (Å²) in [7, 11) is -0.212. The van der Waals surface area contributed by atoms with Crippen LogP contribution < -0.4 is 9.62 Å². The molecule has 0 saturated carbocycles. The van der Waals surface area contributed by atoms with Crippen LogP contribution in [0.25, 0.3) is 22.2 Å². The Morgan fingerprint density at radius 1 is 1.07 bits per heavy atom. The number of H-pyrrole nitrogens is 1. The number of halogens is 1. The Balaban J connectivity index is 1.84. The summed E-state index contributed by atoms with van der Waals surface area (Å²) in [6, 6.07) is 14.7. The number of aromatic nitrogens is 2. The number of nitrogens with one attached hydrogen (secondary N) is 2. The van der Waals surface area contributed by atoms with Gasteiger partial charge in [-0.15, -0.1) is 0 Å². The van der Waals surface area contributed by atoms with E-state index in [1.165, 1.54) is 24.4 Å². The number of rotatable bonds is 5. The Labute approximate surface area is 168 Å². The van der Waals surface area contributed by atoms with Crippen molar-refractivity contribution in [2.75, 3.05) is 23.7 Å². The summed E-state index contributed by atoms with van der Waals surface area (Å²) in [4.78, 5) is 8.95. The minimum atomic E-state index is -4.11. The average Bonchev–Trinajstić information content (AvgIpc) is 3.13. The SMILES string of the molecule is CN(C)c1cccc(-c2c[nH]c3nccc(NS(=O)(=O)c4ccccc4F)c23)c1. The first kappa shape index (κ1) is 18.9. The first-order chi connectivity index (χ1) is 13.9. The summed E-state index contributed by atoms with van der Waals surface area (Å²) < 4.78 is 42.2. The molecular weight excluding hydrogens is 391 g/mol. The molecule has 2 N–H and O–H groups in total. The predicted molar refractivity (Wildman–Crippen MR) is 113 cm³/mol. The van der Waals surface area contributed by atoms with E-state index in [2.05, 4.69) is 14.7 Å². The van der Waals surface area contributed by atoms with E-state index < -0.39 is 20.7 Å². The van der Waals surface area contributed by atoms with Crippen LogP contribution in [0, 0.1) is 5.82 Å². The number of sulfonamides is 1. The van der Waals surface area contributed by atoms with Crippen molar-refractivity contribution < 1.29 is 12.8 Å². The summed E-state index contributed by atoms with van der Waals surface area (Å²) >= 11 is 0. The standard InChI is InChI=1S/C21H19FN4O2S/c1-26(2)15-7-5-6-14(12-15)16-13-24-21-20(16)18(10-11-23-21)25-29(27,28)19-9-4-3-8-17(19)22/h3-13H,1-2H3,(H2,23,24,25). The number of anilines is 2. The third-order valence-electron chi connectivity index (χ3n) is 4.62. The number of pyridine rings is 1. The van der Waals surface area contributed by atoms with Crippen LogP contribution in [-0.4, -0.2) is 32.5 Å². The fraction of sp³-hybridized carbons (Fsp3) is 0.0952. The third-order valence-corrected chi connectivity index (χ3v) is 6.02. The van der Waals surface area contributed by atoms with Crippen molar-refractivity contribution in [2.24, 2.45) is 0 Å². The van der Waals surface area contributed by atoms with Gasteiger partial charge in [-0.05, 0) is 35.9 Å². The molecule has 4 aromatic rings. The fourth-order valence-corrected chi connectivity index (χ4v) is 4.34. The minimum absolute atomic E-state index is 0.324. The molecule has 0 radical (unpaired) electrons. The molecule has 148 valence electrons. The maximum atomic E-state index is 14.1. The van der Waals surface area contributed by atoms with Gasteiger partial charge in [-0.25, -0.2) is 17.8 Å². The van der Waals surface area contributed by atoms with Gasteiger partial charge in [0.05, 0.1) is 11.1 Å². The van der Waals surface area contributed by atoms with Crippen LogP contribution in [0.1, 0.15) is 0 Å². The van der Waals surface area contributed by atoms with Crippen molar-refractivity contribution in [1.82, 2.24) is 9.97 Å². The van der Waals surface area contributed by atoms with Gasteiger partial charge in [0.1, 0.15) is 16.4 Å². The first-order valence-corrected chi connectivity index (χ1v) is 10.4. The van der Waals surface area contributed by atoms with Crippen molar-refractivity contribution in [1.29, 1.82) is 0 Å². The molecule has 0 atom stereocenters. The molecule has 2 aromatic heterocycles. The summed E-state index contributed by atoms with van der Waals surface area (Å²) in [6.45, 7) is 0. The molecular formula is C21H19FN4O2S. The molecule has 0 aliphatic carbocycles. The second-order valence-corrected chi connectivity index (χ2v) is 8.42. The topological polar surface area (TPSA) is 78.1 Å². The van der Waals surface area contributed by atoms with Gasteiger partial charge in [-0.1, -0.05) is 24.3 Å². The zero-order valence-electron chi connectivity index (χ0n) is 15.8. The predicted octanol–water partition coefficient (Wildman–Crippen LogP) is 4.24. The largest absolute Gasteiger partial charge is 0.378 e. The van der Waals surface area contributed by atoms with E-state index in [-0.39, 0.29) is 0 Å². The molecule has 6 nitrogen and oxygen atoms in total. The Morgan fingerprint density at radius 3 is 2.62 bits per heavy atom. The van der Waals surface area contributed by atoms with Gasteiger partial charge in [0.2, 0.25) is 0 Å². The molecule has 0 amide bonds. The van der Waals surface area contributed by atoms with Crippen molar-refractivity contribution in [3.63, 3.8) is 0 Å². The Hall–Kier alpha value is -3.39. The molecule has 29 heavy (non-hydrogen) atoms. The van der Waals surface area contributed by atoms with Gasteiger partial charge in [0.25, 0.3) is 10.0 Å². The Bertz CT molecular complexity index is 1300. The minimum Gasteiger partial charge on any atom is -0.378 e. The molecule has 4 rings (SSSR count). The number of hydrogen-bond acceptors (Lipinski definition) is 4. The van der Waals surface area contributed by atoms with Crippen LogP contribution in [0.15, 0.2) is 71.9 Å². The first-order valence-electron chi connectivity index (χ1n) is 8.88. The van der Waals surface area contributed by atoms with Crippen LogP contribution in [0.4, 0.5) is 15.8 Å². The van der Waals surface area contributed by atoms with Gasteiger partial charge in [-0.2, -0.15) is 0 Å². The van der Waals surface area contributed by atoms with Gasteiger partial charge >= 0.3 is 0 Å². The summed E-state index contributed by atoms with van der Waals surface area (Å²) in [5, 5.41) is 0.614. The number of benzene rings is 2. The van der Waals surface area contributed by atoms with E-state index >= 15 is 0 Å². The third kappa shape index (κ3) is 3.54. The van der Waals surface area contributed by atoms with Crippen LogP contribution in [0.3, 0.4) is 0 Å². The lowest BCUT2D eigenvalue weighted by molar-refractivity contribution is 0.570. The molecule has 0 aliphatic rings. The van der Waals surface area contributed by atoms with Gasteiger partial charge in [0, 0.05) is 37.7 Å². The van der Waals surface area contributed by atoms with Crippen molar-refractivity contribution in [2.45, 2.75) is 4.90 Å². The lowest BCUT2D eigenvalue weighted by atomic mass is 10.0. The van der Waals surface area contributed by atoms with Crippen LogP contribution in [0.2, 0.25) is 0 Å². The molecule has 0 spiro atoms. The van der Waals surface area contributed by atoms with E-state index in [1.54, 1.807) is 12.3 Å². The molecule has 0 unspecified atom stereocenters. The molecule has 0 fully saturated rings. The van der Waals surface area contributed by atoms with Gasteiger partial charge < -0.3 is 9.88 Å². The van der Waals surface area contributed by atoms with E-state index in [1.807, 2.05) is 43.3 Å². The molecule has 2 heterocycles. The normalized spacial score (nSPS) is 11.6. The molecule has 0 saturated heterocycles. The number of nitrogens with zero attached hydrogens (tertiary/aromatic N) is 2. The number of hydrogen-bond donors (Lipinski definition) is 2. The fourth-order valence-electron chi connectivity index (χ4n) is 3.18. The smallest absolute Gasteiger partial charge is 0.264 e. The van der Waals surface area contributed by atoms with Crippen LogP contribution in [0.5, 0.6) is 0 Å². The number of fused-ring (bicyclic) bond motifs is 1. The zero-order valence-corrected chi connectivity index (χ0v) is 16.7. The molecule has 0 bridgehead atoms. The second kappa shape index (κ2) is 7.21. The van der Waals surface area contributed by atoms with Gasteiger partial charge in [-0.3, -0.25) is 4.72 Å². The average molecular weight is 410 g/mol. The maximum absolute atomic E-state index is 14.1. The van der Waals surface area contributed by atoms with Crippen molar-refractivity contribution in [3.05, 3.63) is 72.8 Å². The van der Waals surface area contributed by atoms with Crippen molar-refractivity contribution in [3.8, 4) is 11.1 Å². The highest BCUT2D eigenvalue weighted by atomic mass is 32.2. The molecule has 8 heteroatoms. The van der Waals surface area contributed by atoms with E-state index in [0.717, 1.165) is 22.9 Å². The summed E-state index contributed by atoms with van der Waals surface area (Å²) in [5.41, 5.74) is 3.56. The van der Waals surface area contributed by atoms with E-state index in [0.29, 0.717) is 16.7 Å². The summed E-state index contributed by atoms with van der Waals surface area (Å²) in [6.07, 6.45) is 3.28. The molecule has 2 aromatic carbocycles. The summed E-state index contributed by atoms with van der Waals surface area (Å²) in [5.74, 6) is -0.807. The van der Waals surface area contributed by atoms with E-state index in [4.69, 9.17) is 0 Å². The van der Waals surface area contributed by atoms with E-state index in [9.17, 15) is 12.8 Å². The lowest BCUT2D eigenvalue weighted by Gasteiger charge is -2.14. The lowest BCUT2D eigenvalue weighted by Crippen LogP contribution is -2.14. The van der Waals surface area contributed by atoms with Crippen LogP contribution in [-0.2, 0) is 10.0 Å². The maximum Gasteiger partial charge on any atom is 0.264 e. The quantitative estimate of drug-likeness (QED) is 0.516. The Kier molecular flexibility index (Phi) is 4.71.